The van der Waals surface area contributed by atoms with Crippen molar-refractivity contribution in [3.63, 3.8) is 0 Å². The van der Waals surface area contributed by atoms with E-state index in [1.54, 1.807) is 19.5 Å². The SMILES string of the molecule is CC.CN=Cc1ccc(C=Nc2ccccc2)o1. The summed E-state index contributed by atoms with van der Waals surface area (Å²) in [5.74, 6) is 1.45. The van der Waals surface area contributed by atoms with Gasteiger partial charge in [0.25, 0.3) is 0 Å². The normalized spacial score (nSPS) is 10.6. The Labute approximate surface area is 108 Å². The van der Waals surface area contributed by atoms with Gasteiger partial charge in [-0.25, -0.2) is 0 Å². The average Bonchev–Trinajstić information content (AvgIpc) is 2.88. The molecule has 1 aromatic heterocycles. The number of furan rings is 1. The maximum Gasteiger partial charge on any atom is 0.145 e. The van der Waals surface area contributed by atoms with E-state index in [0.29, 0.717) is 0 Å². The average molecular weight is 242 g/mol. The summed E-state index contributed by atoms with van der Waals surface area (Å²) in [6.45, 7) is 4.00. The molecule has 0 bridgehead atoms. The van der Waals surface area contributed by atoms with Gasteiger partial charge in [0.05, 0.1) is 18.1 Å². The van der Waals surface area contributed by atoms with Gasteiger partial charge in [-0.05, 0) is 24.3 Å². The number of hydrogen-bond acceptors (Lipinski definition) is 3. The second-order valence-corrected chi connectivity index (χ2v) is 3.22. The van der Waals surface area contributed by atoms with Gasteiger partial charge in [-0.1, -0.05) is 32.0 Å². The van der Waals surface area contributed by atoms with Gasteiger partial charge in [0.15, 0.2) is 0 Å². The molecule has 1 heterocycles. The van der Waals surface area contributed by atoms with Crippen LogP contribution in [-0.4, -0.2) is 19.5 Å². The topological polar surface area (TPSA) is 37.9 Å². The Morgan fingerprint density at radius 1 is 0.889 bits per heavy atom. The minimum Gasteiger partial charge on any atom is -0.454 e. The third-order valence-corrected chi connectivity index (χ3v) is 2.00. The van der Waals surface area contributed by atoms with Crippen LogP contribution in [0.2, 0.25) is 0 Å². The van der Waals surface area contributed by atoms with Crippen LogP contribution in [0.4, 0.5) is 5.69 Å². The molecule has 0 N–H and O–H groups in total. The standard InChI is InChI=1S/C13H12N2O.C2H6/c1-14-9-12-7-8-13(16-12)10-15-11-5-3-2-4-6-11;1-2/h2-10H,1H3;1-2H3. The van der Waals surface area contributed by atoms with Crippen molar-refractivity contribution < 1.29 is 4.42 Å². The lowest BCUT2D eigenvalue weighted by Gasteiger charge is -1.89. The zero-order chi connectivity index (χ0) is 13.2. The first-order valence-corrected chi connectivity index (χ1v) is 5.99. The molecule has 0 saturated heterocycles. The molecule has 94 valence electrons. The Morgan fingerprint density at radius 2 is 1.50 bits per heavy atom. The largest absolute Gasteiger partial charge is 0.454 e. The molecule has 2 aromatic rings. The van der Waals surface area contributed by atoms with Crippen LogP contribution in [-0.2, 0) is 0 Å². The lowest BCUT2D eigenvalue weighted by Crippen LogP contribution is -1.75. The molecule has 3 heteroatoms. The first-order chi connectivity index (χ1) is 8.88. The number of hydrogen-bond donors (Lipinski definition) is 0. The fourth-order valence-electron chi connectivity index (χ4n) is 1.29. The predicted molar refractivity (Wildman–Crippen MR) is 77.3 cm³/mol. The van der Waals surface area contributed by atoms with Gasteiger partial charge < -0.3 is 4.42 Å². The number of benzene rings is 1. The summed E-state index contributed by atoms with van der Waals surface area (Å²) in [6.07, 6.45) is 3.36. The van der Waals surface area contributed by atoms with Crippen LogP contribution in [0.1, 0.15) is 25.4 Å². The molecule has 0 aliphatic carbocycles. The van der Waals surface area contributed by atoms with Gasteiger partial charge >= 0.3 is 0 Å². The van der Waals surface area contributed by atoms with E-state index in [-0.39, 0.29) is 0 Å². The van der Waals surface area contributed by atoms with Gasteiger partial charge in [0.2, 0.25) is 0 Å². The third kappa shape index (κ3) is 4.37. The van der Waals surface area contributed by atoms with Crippen molar-refractivity contribution in [3.05, 3.63) is 54.0 Å². The molecule has 0 radical (unpaired) electrons. The van der Waals surface area contributed by atoms with E-state index in [1.807, 2.05) is 56.3 Å². The zero-order valence-corrected chi connectivity index (χ0v) is 11.0. The highest BCUT2D eigenvalue weighted by atomic mass is 16.3. The van der Waals surface area contributed by atoms with E-state index in [0.717, 1.165) is 17.2 Å². The smallest absolute Gasteiger partial charge is 0.145 e. The van der Waals surface area contributed by atoms with E-state index in [1.165, 1.54) is 0 Å². The molecular formula is C15H18N2O. The summed E-state index contributed by atoms with van der Waals surface area (Å²) in [4.78, 5) is 8.16. The van der Waals surface area contributed by atoms with Crippen LogP contribution in [0.5, 0.6) is 0 Å². The van der Waals surface area contributed by atoms with Crippen LogP contribution >= 0.6 is 0 Å². The predicted octanol–water partition coefficient (Wildman–Crippen LogP) is 4.11. The Bertz CT molecular complexity index is 498. The second kappa shape index (κ2) is 8.01. The fraction of sp³-hybridized carbons (Fsp3) is 0.200. The second-order valence-electron chi connectivity index (χ2n) is 3.22. The van der Waals surface area contributed by atoms with Crippen molar-refractivity contribution in [2.75, 3.05) is 7.05 Å². The molecule has 1 aromatic carbocycles. The lowest BCUT2D eigenvalue weighted by atomic mass is 10.3. The molecule has 0 amide bonds. The van der Waals surface area contributed by atoms with Gasteiger partial charge in [-0.2, -0.15) is 0 Å². The Kier molecular flexibility index (Phi) is 6.19. The van der Waals surface area contributed by atoms with Crippen LogP contribution in [0.15, 0.2) is 56.9 Å². The first kappa shape index (κ1) is 13.9. The van der Waals surface area contributed by atoms with Crippen molar-refractivity contribution in [1.29, 1.82) is 0 Å². The highest BCUT2D eigenvalue weighted by molar-refractivity contribution is 5.82. The minimum absolute atomic E-state index is 0.721. The fourth-order valence-corrected chi connectivity index (χ4v) is 1.29. The monoisotopic (exact) mass is 242 g/mol. The summed E-state index contributed by atoms with van der Waals surface area (Å²) < 4.78 is 5.45. The van der Waals surface area contributed by atoms with E-state index in [4.69, 9.17) is 4.42 Å². The molecule has 0 fully saturated rings. The van der Waals surface area contributed by atoms with Crippen LogP contribution in [0, 0.1) is 0 Å². The highest BCUT2D eigenvalue weighted by Gasteiger charge is 1.95. The minimum atomic E-state index is 0.721. The Hall–Kier alpha value is -2.16. The van der Waals surface area contributed by atoms with Gasteiger partial charge in [0.1, 0.15) is 11.5 Å². The van der Waals surface area contributed by atoms with Crippen LogP contribution in [0.25, 0.3) is 0 Å². The number of para-hydroxylation sites is 1. The number of aliphatic imine (C=N–C) groups is 2. The van der Waals surface area contributed by atoms with E-state index >= 15 is 0 Å². The van der Waals surface area contributed by atoms with Gasteiger partial charge in [-0.15, -0.1) is 0 Å². The molecule has 0 spiro atoms. The van der Waals surface area contributed by atoms with Crippen molar-refractivity contribution in [2.24, 2.45) is 9.98 Å². The molecule has 18 heavy (non-hydrogen) atoms. The van der Waals surface area contributed by atoms with Gasteiger partial charge in [0, 0.05) is 7.05 Å². The molecule has 3 nitrogen and oxygen atoms in total. The summed E-state index contributed by atoms with van der Waals surface area (Å²) in [7, 11) is 1.71. The number of nitrogens with zero attached hydrogens (tertiary/aromatic N) is 2. The van der Waals surface area contributed by atoms with Crippen molar-refractivity contribution in [1.82, 2.24) is 0 Å². The van der Waals surface area contributed by atoms with Crippen LogP contribution < -0.4 is 0 Å². The molecule has 0 atom stereocenters. The third-order valence-electron chi connectivity index (χ3n) is 2.00. The summed E-state index contributed by atoms with van der Waals surface area (Å²) in [5, 5.41) is 0. The zero-order valence-electron chi connectivity index (χ0n) is 11.0. The Balaban J connectivity index is 0.000000771. The molecule has 0 unspecified atom stereocenters. The van der Waals surface area contributed by atoms with E-state index < -0.39 is 0 Å². The van der Waals surface area contributed by atoms with Crippen molar-refractivity contribution in [2.45, 2.75) is 13.8 Å². The maximum absolute atomic E-state index is 5.45. The Morgan fingerprint density at radius 3 is 2.11 bits per heavy atom. The highest BCUT2D eigenvalue weighted by Crippen LogP contribution is 2.10. The first-order valence-electron chi connectivity index (χ1n) is 5.99. The van der Waals surface area contributed by atoms with E-state index in [2.05, 4.69) is 9.98 Å². The van der Waals surface area contributed by atoms with E-state index in [9.17, 15) is 0 Å². The van der Waals surface area contributed by atoms with Crippen molar-refractivity contribution in [3.8, 4) is 0 Å². The summed E-state index contributed by atoms with van der Waals surface area (Å²) >= 11 is 0. The summed E-state index contributed by atoms with van der Waals surface area (Å²) in [5.41, 5.74) is 0.907. The van der Waals surface area contributed by atoms with Gasteiger partial charge in [-0.3, -0.25) is 9.98 Å². The molecule has 2 rings (SSSR count). The van der Waals surface area contributed by atoms with Crippen LogP contribution in [0.3, 0.4) is 0 Å². The summed E-state index contributed by atoms with van der Waals surface area (Å²) in [6, 6.07) is 13.5. The molecule has 0 aliphatic rings. The quantitative estimate of drug-likeness (QED) is 0.746. The molecule has 0 aliphatic heterocycles. The maximum atomic E-state index is 5.45. The molecular weight excluding hydrogens is 224 g/mol. The number of rotatable bonds is 3. The lowest BCUT2D eigenvalue weighted by molar-refractivity contribution is 0.553. The molecule has 0 saturated carbocycles. The van der Waals surface area contributed by atoms with Crippen molar-refractivity contribution >= 4 is 18.1 Å².